The van der Waals surface area contributed by atoms with Crippen molar-refractivity contribution in [1.29, 1.82) is 0 Å². The van der Waals surface area contributed by atoms with Gasteiger partial charge < -0.3 is 0 Å². The van der Waals surface area contributed by atoms with Gasteiger partial charge in [0.15, 0.2) is 0 Å². The van der Waals surface area contributed by atoms with E-state index in [2.05, 4.69) is 15.5 Å². The predicted molar refractivity (Wildman–Crippen MR) is 73.4 cm³/mol. The van der Waals surface area contributed by atoms with E-state index in [1.165, 1.54) is 17.4 Å². The molecule has 1 aromatic heterocycles. The molecular weight excluding hydrogens is 246 g/mol. The predicted octanol–water partition coefficient (Wildman–Crippen LogP) is 2.75. The molecule has 0 saturated carbocycles. The second-order valence-electron chi connectivity index (χ2n) is 3.59. The van der Waals surface area contributed by atoms with Crippen molar-refractivity contribution in [2.75, 3.05) is 5.32 Å². The Balaban J connectivity index is 1.94. The van der Waals surface area contributed by atoms with Gasteiger partial charge in [-0.25, -0.2) is 0 Å². The number of carbonyl (C=O) groups excluding carboxylic acids is 1. The summed E-state index contributed by atoms with van der Waals surface area (Å²) in [6, 6.07) is 9.66. The number of nitrogens with zero attached hydrogens (tertiary/aromatic N) is 2. The minimum Gasteiger partial charge on any atom is -0.297 e. The maximum Gasteiger partial charge on any atom is 0.250 e. The zero-order valence-corrected chi connectivity index (χ0v) is 10.8. The Morgan fingerprint density at radius 2 is 2.11 bits per heavy atom. The van der Waals surface area contributed by atoms with Crippen molar-refractivity contribution >= 4 is 28.5 Å². The SMILES string of the molecule is CCc1nnc(NC(=O)/C=C/c2ccccc2)s1. The van der Waals surface area contributed by atoms with E-state index in [9.17, 15) is 4.79 Å². The molecule has 4 nitrogen and oxygen atoms in total. The molecule has 1 N–H and O–H groups in total. The fourth-order valence-electron chi connectivity index (χ4n) is 1.33. The Morgan fingerprint density at radius 3 is 2.78 bits per heavy atom. The van der Waals surface area contributed by atoms with Crippen LogP contribution in [0.3, 0.4) is 0 Å². The molecule has 0 atom stereocenters. The van der Waals surface area contributed by atoms with Gasteiger partial charge in [-0.05, 0) is 18.1 Å². The molecule has 92 valence electrons. The van der Waals surface area contributed by atoms with Crippen LogP contribution in [0.1, 0.15) is 17.5 Å². The quantitative estimate of drug-likeness (QED) is 0.859. The first-order valence-electron chi connectivity index (χ1n) is 5.64. The zero-order chi connectivity index (χ0) is 12.8. The number of hydrogen-bond acceptors (Lipinski definition) is 4. The summed E-state index contributed by atoms with van der Waals surface area (Å²) < 4.78 is 0. The van der Waals surface area contributed by atoms with Crippen molar-refractivity contribution < 1.29 is 4.79 Å². The highest BCUT2D eigenvalue weighted by Crippen LogP contribution is 2.15. The smallest absolute Gasteiger partial charge is 0.250 e. The molecule has 0 spiro atoms. The van der Waals surface area contributed by atoms with Gasteiger partial charge in [0.05, 0.1) is 0 Å². The lowest BCUT2D eigenvalue weighted by molar-refractivity contribution is -0.111. The molecule has 0 saturated heterocycles. The molecule has 0 aliphatic heterocycles. The number of aryl methyl sites for hydroxylation is 1. The Labute approximate surface area is 109 Å². The molecule has 5 heteroatoms. The van der Waals surface area contributed by atoms with Gasteiger partial charge in [-0.15, -0.1) is 10.2 Å². The van der Waals surface area contributed by atoms with Gasteiger partial charge in [0.2, 0.25) is 11.0 Å². The summed E-state index contributed by atoms with van der Waals surface area (Å²) in [5.41, 5.74) is 0.985. The van der Waals surface area contributed by atoms with Crippen LogP contribution >= 0.6 is 11.3 Å². The van der Waals surface area contributed by atoms with Crippen LogP contribution in [-0.2, 0) is 11.2 Å². The minimum absolute atomic E-state index is 0.197. The van der Waals surface area contributed by atoms with E-state index in [-0.39, 0.29) is 5.91 Å². The van der Waals surface area contributed by atoms with Gasteiger partial charge in [0, 0.05) is 6.08 Å². The highest BCUT2D eigenvalue weighted by atomic mass is 32.1. The fourth-order valence-corrected chi connectivity index (χ4v) is 2.01. The van der Waals surface area contributed by atoms with Crippen LogP contribution in [0.5, 0.6) is 0 Å². The third-order valence-electron chi connectivity index (χ3n) is 2.23. The Bertz CT molecular complexity index is 548. The average Bonchev–Trinajstić information content (AvgIpc) is 2.85. The lowest BCUT2D eigenvalue weighted by Crippen LogP contribution is -2.07. The Hall–Kier alpha value is -2.01. The first kappa shape index (κ1) is 12.4. The van der Waals surface area contributed by atoms with Crippen LogP contribution in [0.15, 0.2) is 36.4 Å². The standard InChI is InChI=1S/C13H13N3OS/c1-2-12-15-16-13(18-12)14-11(17)9-8-10-6-4-3-5-7-10/h3-9H,2H2,1H3,(H,14,16,17)/b9-8+. The maximum atomic E-state index is 11.6. The number of aromatic nitrogens is 2. The van der Waals surface area contributed by atoms with Crippen LogP contribution in [0.2, 0.25) is 0 Å². The molecule has 1 amide bonds. The number of carbonyl (C=O) groups is 1. The van der Waals surface area contributed by atoms with E-state index < -0.39 is 0 Å². The topological polar surface area (TPSA) is 54.9 Å². The second kappa shape index (κ2) is 6.07. The normalized spacial score (nSPS) is 10.7. The van der Waals surface area contributed by atoms with Gasteiger partial charge in [0.1, 0.15) is 5.01 Å². The summed E-state index contributed by atoms with van der Waals surface area (Å²) in [6.45, 7) is 2.00. The molecule has 0 aliphatic carbocycles. The average molecular weight is 259 g/mol. The van der Waals surface area contributed by atoms with Crippen molar-refractivity contribution in [3.63, 3.8) is 0 Å². The summed E-state index contributed by atoms with van der Waals surface area (Å²) in [6.07, 6.45) is 4.08. The third-order valence-corrected chi connectivity index (χ3v) is 3.21. The van der Waals surface area contributed by atoms with Crippen LogP contribution in [0.4, 0.5) is 5.13 Å². The summed E-state index contributed by atoms with van der Waals surface area (Å²) in [5.74, 6) is -0.197. The van der Waals surface area contributed by atoms with E-state index >= 15 is 0 Å². The van der Waals surface area contributed by atoms with Crippen molar-refractivity contribution in [1.82, 2.24) is 10.2 Å². The lowest BCUT2D eigenvalue weighted by atomic mass is 10.2. The number of amides is 1. The molecule has 2 aromatic rings. The van der Waals surface area contributed by atoms with Crippen LogP contribution in [0.25, 0.3) is 6.08 Å². The van der Waals surface area contributed by atoms with Gasteiger partial charge in [0.25, 0.3) is 0 Å². The highest BCUT2D eigenvalue weighted by molar-refractivity contribution is 7.15. The molecule has 18 heavy (non-hydrogen) atoms. The molecule has 0 unspecified atom stereocenters. The van der Waals surface area contributed by atoms with Gasteiger partial charge in [-0.3, -0.25) is 10.1 Å². The largest absolute Gasteiger partial charge is 0.297 e. The number of anilines is 1. The van der Waals surface area contributed by atoms with Gasteiger partial charge in [-0.1, -0.05) is 48.6 Å². The minimum atomic E-state index is -0.197. The fraction of sp³-hybridized carbons (Fsp3) is 0.154. The number of benzene rings is 1. The highest BCUT2D eigenvalue weighted by Gasteiger charge is 2.04. The molecule has 1 heterocycles. The maximum absolute atomic E-state index is 11.6. The van der Waals surface area contributed by atoms with E-state index in [1.54, 1.807) is 6.08 Å². The number of rotatable bonds is 4. The van der Waals surface area contributed by atoms with Crippen molar-refractivity contribution in [3.8, 4) is 0 Å². The zero-order valence-electron chi connectivity index (χ0n) is 9.96. The van der Waals surface area contributed by atoms with Crippen molar-refractivity contribution in [3.05, 3.63) is 47.0 Å². The van der Waals surface area contributed by atoms with Crippen LogP contribution in [-0.4, -0.2) is 16.1 Å². The van der Waals surface area contributed by atoms with E-state index in [4.69, 9.17) is 0 Å². The molecule has 0 aliphatic rings. The number of nitrogens with one attached hydrogen (secondary N) is 1. The molecule has 2 rings (SSSR count). The van der Waals surface area contributed by atoms with E-state index in [1.807, 2.05) is 37.3 Å². The molecule has 0 bridgehead atoms. The first-order valence-corrected chi connectivity index (χ1v) is 6.46. The summed E-state index contributed by atoms with van der Waals surface area (Å²) in [4.78, 5) is 11.6. The van der Waals surface area contributed by atoms with Crippen LogP contribution < -0.4 is 5.32 Å². The molecule has 0 radical (unpaired) electrons. The molecule has 0 fully saturated rings. The van der Waals surface area contributed by atoms with Gasteiger partial charge >= 0.3 is 0 Å². The van der Waals surface area contributed by atoms with Gasteiger partial charge in [-0.2, -0.15) is 0 Å². The lowest BCUT2D eigenvalue weighted by Gasteiger charge is -1.94. The molecular formula is C13H13N3OS. The van der Waals surface area contributed by atoms with E-state index in [0.717, 1.165) is 17.0 Å². The summed E-state index contributed by atoms with van der Waals surface area (Å²) in [5, 5.41) is 12.0. The molecule has 1 aromatic carbocycles. The summed E-state index contributed by atoms with van der Waals surface area (Å²) >= 11 is 1.39. The Kier molecular flexibility index (Phi) is 4.20. The number of hydrogen-bond donors (Lipinski definition) is 1. The van der Waals surface area contributed by atoms with Crippen molar-refractivity contribution in [2.45, 2.75) is 13.3 Å². The monoisotopic (exact) mass is 259 g/mol. The van der Waals surface area contributed by atoms with Crippen molar-refractivity contribution in [2.24, 2.45) is 0 Å². The van der Waals surface area contributed by atoms with Crippen LogP contribution in [0, 0.1) is 0 Å². The summed E-state index contributed by atoms with van der Waals surface area (Å²) in [7, 11) is 0. The second-order valence-corrected chi connectivity index (χ2v) is 4.65. The first-order chi connectivity index (χ1) is 8.78. The third kappa shape index (κ3) is 3.49. The van der Waals surface area contributed by atoms with E-state index in [0.29, 0.717) is 5.13 Å². The Morgan fingerprint density at radius 1 is 1.33 bits per heavy atom.